The minimum atomic E-state index is -0.480. The highest BCUT2D eigenvalue weighted by molar-refractivity contribution is 6.26. The van der Waals surface area contributed by atoms with Gasteiger partial charge in [0.2, 0.25) is 0 Å². The van der Waals surface area contributed by atoms with Crippen molar-refractivity contribution in [2.24, 2.45) is 0 Å². The van der Waals surface area contributed by atoms with Crippen LogP contribution in [0.2, 0.25) is 0 Å². The summed E-state index contributed by atoms with van der Waals surface area (Å²) in [5.74, 6) is 0.169. The van der Waals surface area contributed by atoms with Gasteiger partial charge in [-0.2, -0.15) is 0 Å². The second-order valence-corrected chi connectivity index (χ2v) is 25.6. The summed E-state index contributed by atoms with van der Waals surface area (Å²) in [7, 11) is 0. The predicted octanol–water partition coefficient (Wildman–Crippen LogP) is 22.7. The Hall–Kier alpha value is -10.8. The van der Waals surface area contributed by atoms with Crippen molar-refractivity contribution in [3.8, 4) is 61.3 Å². The van der Waals surface area contributed by atoms with E-state index >= 15 is 0 Å². The van der Waals surface area contributed by atoms with Crippen LogP contribution in [0.1, 0.15) is 76.3 Å². The lowest BCUT2D eigenvalue weighted by atomic mass is 9.70. The van der Waals surface area contributed by atoms with Gasteiger partial charge in [0, 0.05) is 38.4 Å². The maximum absolute atomic E-state index is 7.75. The zero-order valence-electron chi connectivity index (χ0n) is 49.6. The number of aromatic nitrogens is 1. The molecule has 0 bridgehead atoms. The van der Waals surface area contributed by atoms with Crippen molar-refractivity contribution >= 4 is 65.3 Å². The summed E-state index contributed by atoms with van der Waals surface area (Å²) >= 11 is 0. The van der Waals surface area contributed by atoms with E-state index in [2.05, 4.69) is 310 Å². The number of nitrogens with zero attached hydrogens (tertiary/aromatic N) is 1. The largest absolute Gasteiger partial charge is 0.455 e. The summed E-state index contributed by atoms with van der Waals surface area (Å²) in [6, 6.07) is 110. The minimum absolute atomic E-state index is 0.0986. The summed E-state index contributed by atoms with van der Waals surface area (Å²) in [4.78, 5) is 0. The van der Waals surface area contributed by atoms with E-state index in [0.29, 0.717) is 0 Å². The van der Waals surface area contributed by atoms with Gasteiger partial charge in [-0.05, 0) is 153 Å². The molecule has 418 valence electrons. The number of para-hydroxylation sites is 1. The lowest BCUT2D eigenvalue weighted by molar-refractivity contribution is 0.654. The molecular formula is C87H59NO. The normalized spacial score (nSPS) is 14.2. The Morgan fingerprint density at radius 3 is 1.65 bits per heavy atom. The Kier molecular flexibility index (Phi) is 10.7. The van der Waals surface area contributed by atoms with Gasteiger partial charge >= 0.3 is 0 Å². The van der Waals surface area contributed by atoms with Crippen molar-refractivity contribution in [1.82, 2.24) is 4.57 Å². The standard InChI is InChI=1S/C87H59NO/c1-86(2)72-33-15-10-27-63(72)66-48-45-59(51-77(66)86)60(56-43-41-55(42-44-56)54-21-4-3-5-22-54)46-39-53-40-47-68-67-30-14-19-38-78(67)88(79(68)49-53)80-52-58-24-7-9-26-62(58)84-83(80)71-50-57-23-6-8-25-61(57)82(85(71)89-84)70-32-20-37-76-81(70)69-31-13-18-36-75(69)87(76)73-34-16-11-28-64(73)65-29-12-17-35-74(65)87/h3-38,40-45,47-52,60H,39,46H2,1-2H3. The molecule has 2 heteroatoms. The van der Waals surface area contributed by atoms with Crippen LogP contribution in [-0.4, -0.2) is 4.57 Å². The molecule has 0 aliphatic heterocycles. The van der Waals surface area contributed by atoms with E-state index < -0.39 is 5.41 Å². The zero-order chi connectivity index (χ0) is 58.7. The predicted molar refractivity (Wildman–Crippen MR) is 371 cm³/mol. The highest BCUT2D eigenvalue weighted by Gasteiger charge is 2.52. The molecule has 14 aromatic carbocycles. The van der Waals surface area contributed by atoms with Crippen LogP contribution in [0, 0.1) is 0 Å². The molecule has 0 saturated heterocycles. The molecule has 89 heavy (non-hydrogen) atoms. The van der Waals surface area contributed by atoms with E-state index in [1.807, 2.05) is 0 Å². The molecule has 19 rings (SSSR count). The van der Waals surface area contributed by atoms with E-state index in [0.717, 1.165) is 56.8 Å². The smallest absolute Gasteiger partial charge is 0.145 e. The molecule has 1 unspecified atom stereocenters. The number of rotatable bonds is 8. The molecule has 16 aromatic rings. The SMILES string of the molecule is CC1(C)c2ccccc2-c2ccc(C(CCc3ccc4c5ccccc5n(-c5cc6ccccc6c6oc7c(-c8cccc9c8-c8ccccc8C98c9ccccc9-c9ccccc98)c8ccccc8cc7c56)c4c3)c3ccc(-c4ccccc4)cc3)cc21. The van der Waals surface area contributed by atoms with Gasteiger partial charge in [0.15, 0.2) is 0 Å². The maximum atomic E-state index is 7.75. The van der Waals surface area contributed by atoms with Gasteiger partial charge in [0.05, 0.1) is 27.5 Å². The topological polar surface area (TPSA) is 18.1 Å². The average Bonchev–Trinajstić information content (AvgIpc) is 1.52. The molecule has 3 aliphatic carbocycles. The van der Waals surface area contributed by atoms with E-state index in [9.17, 15) is 0 Å². The van der Waals surface area contributed by atoms with E-state index in [-0.39, 0.29) is 11.3 Å². The fourth-order valence-electron chi connectivity index (χ4n) is 16.9. The van der Waals surface area contributed by atoms with Crippen LogP contribution in [0.4, 0.5) is 0 Å². The first-order valence-corrected chi connectivity index (χ1v) is 31.6. The van der Waals surface area contributed by atoms with E-state index in [1.54, 1.807) is 0 Å². The molecule has 0 saturated carbocycles. The Morgan fingerprint density at radius 2 is 0.899 bits per heavy atom. The summed E-state index contributed by atoms with van der Waals surface area (Å²) in [6.07, 6.45) is 1.84. The van der Waals surface area contributed by atoms with Gasteiger partial charge in [-0.25, -0.2) is 0 Å². The van der Waals surface area contributed by atoms with Gasteiger partial charge in [0.1, 0.15) is 11.2 Å². The quantitative estimate of drug-likeness (QED) is 0.148. The third-order valence-corrected chi connectivity index (χ3v) is 20.9. The molecule has 2 aromatic heterocycles. The first-order chi connectivity index (χ1) is 43.9. The van der Waals surface area contributed by atoms with E-state index in [4.69, 9.17) is 4.42 Å². The molecule has 0 radical (unpaired) electrons. The summed E-state index contributed by atoms with van der Waals surface area (Å²) < 4.78 is 10.3. The van der Waals surface area contributed by atoms with Crippen molar-refractivity contribution in [3.05, 3.63) is 341 Å². The van der Waals surface area contributed by atoms with Gasteiger partial charge in [-0.3, -0.25) is 0 Å². The Morgan fingerprint density at radius 1 is 0.348 bits per heavy atom. The van der Waals surface area contributed by atoms with Crippen LogP contribution in [-0.2, 0) is 17.3 Å². The third-order valence-electron chi connectivity index (χ3n) is 20.9. The minimum Gasteiger partial charge on any atom is -0.455 e. The number of aryl methyl sites for hydroxylation is 1. The van der Waals surface area contributed by atoms with Crippen LogP contribution in [0.5, 0.6) is 0 Å². The molecule has 1 atom stereocenters. The van der Waals surface area contributed by atoms with E-state index in [1.165, 1.54) is 133 Å². The molecule has 0 N–H and O–H groups in total. The highest BCUT2D eigenvalue weighted by atomic mass is 16.3. The fraction of sp³-hybridized carbons (Fsp3) is 0.0805. The molecule has 3 aliphatic rings. The maximum Gasteiger partial charge on any atom is 0.145 e. The van der Waals surface area contributed by atoms with Crippen LogP contribution >= 0.6 is 0 Å². The van der Waals surface area contributed by atoms with Crippen molar-refractivity contribution in [2.75, 3.05) is 0 Å². The van der Waals surface area contributed by atoms with Crippen molar-refractivity contribution in [3.63, 3.8) is 0 Å². The molecule has 2 nitrogen and oxygen atoms in total. The highest BCUT2D eigenvalue weighted by Crippen LogP contribution is 2.65. The van der Waals surface area contributed by atoms with Crippen LogP contribution in [0.25, 0.3) is 127 Å². The van der Waals surface area contributed by atoms with Crippen LogP contribution in [0.3, 0.4) is 0 Å². The Bertz CT molecular complexity index is 5610. The number of hydrogen-bond acceptors (Lipinski definition) is 1. The number of fused-ring (bicyclic) bond motifs is 22. The molecule has 1 spiro atoms. The van der Waals surface area contributed by atoms with Gasteiger partial charge in [0.25, 0.3) is 0 Å². The van der Waals surface area contributed by atoms with Gasteiger partial charge < -0.3 is 8.98 Å². The first kappa shape index (κ1) is 50.4. The second kappa shape index (κ2) is 18.9. The summed E-state index contributed by atoms with van der Waals surface area (Å²) in [5.41, 5.74) is 29.5. The van der Waals surface area contributed by atoms with Crippen molar-refractivity contribution in [2.45, 2.75) is 43.4 Å². The molecule has 0 fully saturated rings. The number of benzene rings is 14. The lowest BCUT2D eigenvalue weighted by Crippen LogP contribution is -2.25. The summed E-state index contributed by atoms with van der Waals surface area (Å²) in [6.45, 7) is 4.79. The molecule has 2 heterocycles. The lowest BCUT2D eigenvalue weighted by Gasteiger charge is -2.30. The third kappa shape index (κ3) is 7.03. The second-order valence-electron chi connectivity index (χ2n) is 25.6. The molecular weight excluding hydrogens is 1070 g/mol. The number of hydrogen-bond donors (Lipinski definition) is 0. The molecule has 0 amide bonds. The first-order valence-electron chi connectivity index (χ1n) is 31.6. The van der Waals surface area contributed by atoms with Gasteiger partial charge in [-0.1, -0.05) is 281 Å². The average molecular weight is 1130 g/mol. The van der Waals surface area contributed by atoms with Gasteiger partial charge in [-0.15, -0.1) is 0 Å². The number of furan rings is 1. The Labute approximate surface area is 517 Å². The van der Waals surface area contributed by atoms with Crippen molar-refractivity contribution < 1.29 is 4.42 Å². The van der Waals surface area contributed by atoms with Crippen LogP contribution in [0.15, 0.2) is 296 Å². The summed E-state index contributed by atoms with van der Waals surface area (Å²) in [5, 5.41) is 9.27. The fourth-order valence-corrected chi connectivity index (χ4v) is 16.9. The van der Waals surface area contributed by atoms with Crippen LogP contribution < -0.4 is 0 Å². The zero-order valence-corrected chi connectivity index (χ0v) is 49.6. The van der Waals surface area contributed by atoms with Crippen molar-refractivity contribution in [1.29, 1.82) is 0 Å². The monoisotopic (exact) mass is 1130 g/mol. The Balaban J connectivity index is 0.805.